The van der Waals surface area contributed by atoms with Crippen LogP contribution >= 0.6 is 0 Å². The van der Waals surface area contributed by atoms with Crippen LogP contribution in [0.3, 0.4) is 0 Å². The number of rotatable bonds is 7. The molecule has 1 aliphatic rings. The lowest BCUT2D eigenvalue weighted by molar-refractivity contribution is -0.155. The number of nitrogens with one attached hydrogen (secondary N) is 1. The van der Waals surface area contributed by atoms with Crippen LogP contribution in [0.25, 0.3) is 11.1 Å². The summed E-state index contributed by atoms with van der Waals surface area (Å²) in [6.07, 6.45) is -0.738. The zero-order chi connectivity index (χ0) is 23.3. The molecule has 2 aromatic carbocycles. The van der Waals surface area contributed by atoms with Gasteiger partial charge in [-0.2, -0.15) is 0 Å². The van der Waals surface area contributed by atoms with Crippen molar-refractivity contribution in [1.82, 2.24) is 5.32 Å². The zero-order valence-electron chi connectivity index (χ0n) is 18.8. The molecular weight excluding hydrogens is 410 g/mol. The summed E-state index contributed by atoms with van der Waals surface area (Å²) in [6, 6.07) is 15.0. The van der Waals surface area contributed by atoms with Gasteiger partial charge < -0.3 is 19.5 Å². The van der Waals surface area contributed by atoms with Gasteiger partial charge >= 0.3 is 18.0 Å². The van der Waals surface area contributed by atoms with E-state index in [0.29, 0.717) is 0 Å². The Hall–Kier alpha value is -3.35. The third-order valence-electron chi connectivity index (χ3n) is 5.18. The molecule has 0 bridgehead atoms. The Balaban J connectivity index is 1.61. The fraction of sp³-hybridized carbons (Fsp3) is 0.400. The third kappa shape index (κ3) is 5.66. The fourth-order valence-electron chi connectivity index (χ4n) is 3.83. The molecule has 3 rings (SSSR count). The van der Waals surface area contributed by atoms with Crippen molar-refractivity contribution in [1.29, 1.82) is 0 Å². The number of alkyl carbamates (subject to hydrolysis) is 1. The lowest BCUT2D eigenvalue weighted by Crippen LogP contribution is -2.42. The molecule has 0 aromatic heterocycles. The maximum absolute atomic E-state index is 12.5. The average molecular weight is 440 g/mol. The second kappa shape index (κ2) is 9.85. The van der Waals surface area contributed by atoms with Gasteiger partial charge in [-0.1, -0.05) is 48.5 Å². The molecule has 0 aliphatic heterocycles. The van der Waals surface area contributed by atoms with Crippen LogP contribution in [-0.4, -0.2) is 43.4 Å². The average Bonchev–Trinajstić information content (AvgIpc) is 3.07. The molecule has 0 saturated heterocycles. The largest absolute Gasteiger partial charge is 0.467 e. The number of hydrogen-bond donors (Lipinski definition) is 1. The number of carbonyl (C=O) groups excluding carboxylic acids is 3. The number of ether oxygens (including phenoxy) is 3. The molecule has 0 unspecified atom stereocenters. The highest BCUT2D eigenvalue weighted by atomic mass is 16.6. The van der Waals surface area contributed by atoms with Crippen molar-refractivity contribution in [3.8, 4) is 11.1 Å². The number of benzene rings is 2. The van der Waals surface area contributed by atoms with E-state index in [1.54, 1.807) is 20.8 Å². The van der Waals surface area contributed by atoms with E-state index in [-0.39, 0.29) is 25.4 Å². The topological polar surface area (TPSA) is 90.9 Å². The van der Waals surface area contributed by atoms with Crippen LogP contribution in [0.2, 0.25) is 0 Å². The molecule has 1 atom stereocenters. The van der Waals surface area contributed by atoms with E-state index in [9.17, 15) is 14.4 Å². The number of fused-ring (bicyclic) bond motifs is 3. The Morgan fingerprint density at radius 1 is 0.969 bits per heavy atom. The summed E-state index contributed by atoms with van der Waals surface area (Å²) in [5.41, 5.74) is 3.81. The Kier molecular flexibility index (Phi) is 7.18. The summed E-state index contributed by atoms with van der Waals surface area (Å²) in [6.45, 7) is 5.41. The minimum absolute atomic E-state index is 0.0410. The van der Waals surface area contributed by atoms with E-state index in [2.05, 4.69) is 17.4 Å². The molecule has 0 fully saturated rings. The van der Waals surface area contributed by atoms with Gasteiger partial charge in [-0.05, 0) is 49.4 Å². The van der Waals surface area contributed by atoms with Gasteiger partial charge in [0.25, 0.3) is 0 Å². The van der Waals surface area contributed by atoms with Crippen LogP contribution in [-0.2, 0) is 23.8 Å². The molecule has 7 heteroatoms. The highest BCUT2D eigenvalue weighted by molar-refractivity contribution is 5.82. The summed E-state index contributed by atoms with van der Waals surface area (Å²) in [7, 11) is 1.22. The molecule has 1 amide bonds. The van der Waals surface area contributed by atoms with Gasteiger partial charge in [0, 0.05) is 12.3 Å². The molecule has 0 spiro atoms. The van der Waals surface area contributed by atoms with Crippen LogP contribution in [0.1, 0.15) is 50.7 Å². The standard InChI is InChI=1S/C25H29NO6/c1-25(2,3)32-22(27)14-13-21(23(28)30-4)26-24(29)31-15-20-18-11-7-5-9-16(18)17-10-6-8-12-19(17)20/h5-12,20-21H,13-15H2,1-4H3,(H,26,29)/t21-/m1/s1. The van der Waals surface area contributed by atoms with E-state index in [1.165, 1.54) is 7.11 Å². The van der Waals surface area contributed by atoms with E-state index in [0.717, 1.165) is 22.3 Å². The summed E-state index contributed by atoms with van der Waals surface area (Å²) in [5.74, 6) is -1.20. The van der Waals surface area contributed by atoms with Gasteiger partial charge in [-0.25, -0.2) is 9.59 Å². The molecule has 170 valence electrons. The first-order chi connectivity index (χ1) is 15.2. The summed E-state index contributed by atoms with van der Waals surface area (Å²) >= 11 is 0. The Morgan fingerprint density at radius 3 is 2.06 bits per heavy atom. The van der Waals surface area contributed by atoms with Crippen LogP contribution in [0.15, 0.2) is 48.5 Å². The second-order valence-corrected chi connectivity index (χ2v) is 8.67. The molecule has 0 radical (unpaired) electrons. The molecule has 2 aromatic rings. The van der Waals surface area contributed by atoms with Gasteiger partial charge in [0.05, 0.1) is 7.11 Å². The molecule has 1 N–H and O–H groups in total. The van der Waals surface area contributed by atoms with E-state index >= 15 is 0 Å². The molecule has 1 aliphatic carbocycles. The molecule has 0 heterocycles. The van der Waals surface area contributed by atoms with Crippen molar-refractivity contribution in [3.63, 3.8) is 0 Å². The SMILES string of the molecule is COC(=O)[C@@H](CCC(=O)OC(C)(C)C)NC(=O)OCC1c2ccccc2-c2ccccc21. The van der Waals surface area contributed by atoms with Gasteiger partial charge in [-0.15, -0.1) is 0 Å². The number of hydrogen-bond acceptors (Lipinski definition) is 6. The van der Waals surface area contributed by atoms with Crippen molar-refractivity contribution < 1.29 is 28.6 Å². The molecule has 32 heavy (non-hydrogen) atoms. The van der Waals surface area contributed by atoms with E-state index < -0.39 is 29.7 Å². The number of amides is 1. The Bertz CT molecular complexity index is 948. The minimum Gasteiger partial charge on any atom is -0.467 e. The predicted octanol–water partition coefficient (Wildman–Crippen LogP) is 4.19. The fourth-order valence-corrected chi connectivity index (χ4v) is 3.83. The maximum atomic E-state index is 12.5. The van der Waals surface area contributed by atoms with Crippen molar-refractivity contribution in [2.75, 3.05) is 13.7 Å². The minimum atomic E-state index is -1.01. The van der Waals surface area contributed by atoms with Crippen LogP contribution < -0.4 is 5.32 Å². The smallest absolute Gasteiger partial charge is 0.407 e. The van der Waals surface area contributed by atoms with Crippen molar-refractivity contribution in [2.24, 2.45) is 0 Å². The number of methoxy groups -OCH3 is 1. The van der Waals surface area contributed by atoms with Crippen molar-refractivity contribution in [2.45, 2.75) is 51.2 Å². The quantitative estimate of drug-likeness (QED) is 0.514. The Morgan fingerprint density at radius 2 is 1.53 bits per heavy atom. The van der Waals surface area contributed by atoms with Gasteiger partial charge in [0.2, 0.25) is 0 Å². The van der Waals surface area contributed by atoms with Crippen LogP contribution in [0.5, 0.6) is 0 Å². The van der Waals surface area contributed by atoms with Crippen molar-refractivity contribution in [3.05, 3.63) is 59.7 Å². The first-order valence-electron chi connectivity index (χ1n) is 10.6. The van der Waals surface area contributed by atoms with Crippen molar-refractivity contribution >= 4 is 18.0 Å². The number of esters is 2. The lowest BCUT2D eigenvalue weighted by atomic mass is 9.98. The second-order valence-electron chi connectivity index (χ2n) is 8.67. The summed E-state index contributed by atoms with van der Waals surface area (Å²) in [4.78, 5) is 36.5. The first-order valence-corrected chi connectivity index (χ1v) is 10.6. The normalized spacial score (nSPS) is 13.5. The zero-order valence-corrected chi connectivity index (χ0v) is 18.8. The molecule has 7 nitrogen and oxygen atoms in total. The lowest BCUT2D eigenvalue weighted by Gasteiger charge is -2.21. The van der Waals surface area contributed by atoms with Crippen LogP contribution in [0, 0.1) is 0 Å². The monoisotopic (exact) mass is 439 g/mol. The van der Waals surface area contributed by atoms with Gasteiger partial charge in [0.15, 0.2) is 0 Å². The Labute approximate surface area is 188 Å². The summed E-state index contributed by atoms with van der Waals surface area (Å²) < 4.78 is 15.5. The highest BCUT2D eigenvalue weighted by Gasteiger charge is 2.30. The highest BCUT2D eigenvalue weighted by Crippen LogP contribution is 2.44. The molecule has 0 saturated carbocycles. The predicted molar refractivity (Wildman–Crippen MR) is 119 cm³/mol. The number of carbonyl (C=O) groups is 3. The molecular formula is C25H29NO6. The van der Waals surface area contributed by atoms with Gasteiger partial charge in [0.1, 0.15) is 18.2 Å². The van der Waals surface area contributed by atoms with E-state index in [1.807, 2.05) is 36.4 Å². The summed E-state index contributed by atoms with van der Waals surface area (Å²) in [5, 5.41) is 2.51. The van der Waals surface area contributed by atoms with Crippen LogP contribution in [0.4, 0.5) is 4.79 Å². The third-order valence-corrected chi connectivity index (χ3v) is 5.18. The van der Waals surface area contributed by atoms with Gasteiger partial charge in [-0.3, -0.25) is 4.79 Å². The first kappa shape index (κ1) is 23.3. The van der Waals surface area contributed by atoms with E-state index in [4.69, 9.17) is 14.2 Å². The maximum Gasteiger partial charge on any atom is 0.407 e.